The fraction of sp³-hybridized carbons (Fsp3) is 0.172. The largest absolute Gasteiger partial charge is 0.493 e. The van der Waals surface area contributed by atoms with Crippen LogP contribution in [0, 0.1) is 0 Å². The number of amides is 1. The summed E-state index contributed by atoms with van der Waals surface area (Å²) < 4.78 is 21.0. The molecule has 0 fully saturated rings. The van der Waals surface area contributed by atoms with Crippen LogP contribution in [0.2, 0.25) is 0 Å². The van der Waals surface area contributed by atoms with Gasteiger partial charge in [0.15, 0.2) is 0 Å². The molecule has 1 amide bonds. The first-order valence-corrected chi connectivity index (χ1v) is 11.6. The summed E-state index contributed by atoms with van der Waals surface area (Å²) in [6.45, 7) is 10.5. The van der Waals surface area contributed by atoms with Crippen LogP contribution in [0.15, 0.2) is 97.5 Å². The van der Waals surface area contributed by atoms with E-state index < -0.39 is 17.9 Å². The van der Waals surface area contributed by atoms with Gasteiger partial charge >= 0.3 is 17.9 Å². The number of benzene rings is 2. The monoisotopic (exact) mass is 519 g/mol. The van der Waals surface area contributed by atoms with Crippen LogP contribution in [0.3, 0.4) is 0 Å². The van der Waals surface area contributed by atoms with E-state index in [2.05, 4.69) is 18.5 Å². The minimum absolute atomic E-state index is 0.152. The van der Waals surface area contributed by atoms with Crippen LogP contribution >= 0.6 is 0 Å². The lowest BCUT2D eigenvalue weighted by molar-refractivity contribution is -0.138. The van der Waals surface area contributed by atoms with E-state index in [1.165, 1.54) is 37.3 Å². The molecule has 0 saturated carbocycles. The Morgan fingerprint density at radius 1 is 0.789 bits per heavy atom. The lowest BCUT2D eigenvalue weighted by Gasteiger charge is -2.08. The van der Waals surface area contributed by atoms with E-state index in [4.69, 9.17) is 18.9 Å². The molecule has 0 bridgehead atoms. The predicted octanol–water partition coefficient (Wildman–Crippen LogP) is 5.13. The molecule has 9 heteroatoms. The van der Waals surface area contributed by atoms with Crippen molar-refractivity contribution < 1.29 is 38.1 Å². The number of esters is 3. The Balaban J connectivity index is 1.88. The molecule has 0 aliphatic heterocycles. The Morgan fingerprint density at radius 2 is 1.39 bits per heavy atom. The predicted molar refractivity (Wildman–Crippen MR) is 141 cm³/mol. The van der Waals surface area contributed by atoms with Crippen molar-refractivity contribution in [2.45, 2.75) is 20.3 Å². The number of carbonyl (C=O) groups is 4. The van der Waals surface area contributed by atoms with Crippen molar-refractivity contribution in [2.75, 3.05) is 18.5 Å². The van der Waals surface area contributed by atoms with Gasteiger partial charge in [0.1, 0.15) is 17.3 Å². The lowest BCUT2D eigenvalue weighted by Crippen LogP contribution is -2.07. The quantitative estimate of drug-likeness (QED) is 0.0967. The van der Waals surface area contributed by atoms with Crippen molar-refractivity contribution in [3.05, 3.63) is 109 Å². The van der Waals surface area contributed by atoms with Crippen molar-refractivity contribution >= 4 is 29.5 Å². The Kier molecular flexibility index (Phi) is 11.8. The molecule has 0 spiro atoms. The highest BCUT2D eigenvalue weighted by atomic mass is 16.5. The first-order chi connectivity index (χ1) is 18.2. The van der Waals surface area contributed by atoms with Gasteiger partial charge in [-0.25, -0.2) is 14.4 Å². The van der Waals surface area contributed by atoms with E-state index in [9.17, 15) is 19.2 Å². The van der Waals surface area contributed by atoms with Gasteiger partial charge in [-0.2, -0.15) is 0 Å². The second kappa shape index (κ2) is 15.2. The molecular formula is C29H29NO8. The molecule has 198 valence electrons. The number of carbonyl (C=O) groups excluding carboxylic acids is 4. The molecular weight excluding hydrogens is 490 g/mol. The number of anilines is 1. The Bertz CT molecular complexity index is 1220. The highest BCUT2D eigenvalue weighted by Crippen LogP contribution is 2.16. The maximum atomic E-state index is 12.5. The van der Waals surface area contributed by atoms with Gasteiger partial charge in [0.05, 0.1) is 24.3 Å². The number of rotatable bonds is 13. The summed E-state index contributed by atoms with van der Waals surface area (Å²) >= 11 is 0. The number of hydrogen-bond donors (Lipinski definition) is 1. The molecule has 0 aliphatic carbocycles. The van der Waals surface area contributed by atoms with Crippen molar-refractivity contribution in [1.29, 1.82) is 0 Å². The summed E-state index contributed by atoms with van der Waals surface area (Å²) in [5, 5.41) is 2.61. The topological polar surface area (TPSA) is 117 Å². The molecule has 38 heavy (non-hydrogen) atoms. The summed E-state index contributed by atoms with van der Waals surface area (Å²) in [6, 6.07) is 12.6. The normalized spacial score (nSPS) is 11.1. The minimum atomic E-state index is -0.610. The maximum Gasteiger partial charge on any atom is 0.343 e. The number of hydrogen-bond acceptors (Lipinski definition) is 8. The fourth-order valence-corrected chi connectivity index (χ4v) is 2.81. The zero-order chi connectivity index (χ0) is 27.9. The summed E-state index contributed by atoms with van der Waals surface area (Å²) in [4.78, 5) is 46.9. The van der Waals surface area contributed by atoms with Crippen LogP contribution in [0.25, 0.3) is 0 Å². The number of allylic oxidation sites excluding steroid dienone is 4. The zero-order valence-electron chi connectivity index (χ0n) is 21.2. The van der Waals surface area contributed by atoms with Gasteiger partial charge < -0.3 is 24.3 Å². The molecule has 2 rings (SSSR count). The Hall–Kier alpha value is -4.92. The molecule has 2 aromatic carbocycles. The van der Waals surface area contributed by atoms with Crippen molar-refractivity contribution in [3.63, 3.8) is 0 Å². The third-order valence-corrected chi connectivity index (χ3v) is 4.65. The van der Waals surface area contributed by atoms with E-state index in [0.29, 0.717) is 35.6 Å². The first kappa shape index (κ1) is 29.3. The smallest absolute Gasteiger partial charge is 0.343 e. The molecule has 0 radical (unpaired) electrons. The second-order valence-corrected chi connectivity index (χ2v) is 7.69. The van der Waals surface area contributed by atoms with E-state index in [1.54, 1.807) is 43.3 Å². The van der Waals surface area contributed by atoms with Crippen molar-refractivity contribution in [3.8, 4) is 5.75 Å². The highest BCUT2D eigenvalue weighted by Gasteiger charge is 2.10. The molecule has 1 N–H and O–H groups in total. The minimum Gasteiger partial charge on any atom is -0.493 e. The molecule has 9 nitrogen and oxygen atoms in total. The van der Waals surface area contributed by atoms with E-state index >= 15 is 0 Å². The van der Waals surface area contributed by atoms with Gasteiger partial charge in [-0.1, -0.05) is 13.2 Å². The Morgan fingerprint density at radius 3 is 1.97 bits per heavy atom. The summed E-state index contributed by atoms with van der Waals surface area (Å²) in [7, 11) is 0. The average Bonchev–Trinajstić information content (AvgIpc) is 2.90. The maximum absolute atomic E-state index is 12.5. The molecule has 0 unspecified atom stereocenters. The van der Waals surface area contributed by atoms with Crippen LogP contribution < -0.4 is 10.1 Å². The first-order valence-electron chi connectivity index (χ1n) is 11.6. The van der Waals surface area contributed by atoms with Crippen LogP contribution in [0.4, 0.5) is 5.69 Å². The highest BCUT2D eigenvalue weighted by molar-refractivity contribution is 5.92. The van der Waals surface area contributed by atoms with Gasteiger partial charge in [-0.05, 0) is 73.7 Å². The zero-order valence-corrected chi connectivity index (χ0v) is 21.2. The SMILES string of the molecule is C=CC(=O)OCCCOc1ccc(C(=O)O/C(C=C)=C/C=C(\C)OC(=O)c2ccc(NC(C)=O)cc2)cc1. The third kappa shape index (κ3) is 10.4. The van der Waals surface area contributed by atoms with E-state index in [-0.39, 0.29) is 24.0 Å². The molecule has 0 heterocycles. The second-order valence-electron chi connectivity index (χ2n) is 7.69. The van der Waals surface area contributed by atoms with Gasteiger partial charge in [0.25, 0.3) is 0 Å². The number of nitrogens with one attached hydrogen (secondary N) is 1. The average molecular weight is 520 g/mol. The molecule has 2 aromatic rings. The molecule has 0 saturated heterocycles. The van der Waals surface area contributed by atoms with Gasteiger partial charge in [0, 0.05) is 25.1 Å². The van der Waals surface area contributed by atoms with Gasteiger partial charge in [0.2, 0.25) is 5.91 Å². The van der Waals surface area contributed by atoms with Gasteiger partial charge in [-0.15, -0.1) is 0 Å². The molecule has 0 aromatic heterocycles. The van der Waals surface area contributed by atoms with Crippen LogP contribution in [0.5, 0.6) is 5.75 Å². The van der Waals surface area contributed by atoms with Crippen LogP contribution in [0.1, 0.15) is 41.0 Å². The fourth-order valence-electron chi connectivity index (χ4n) is 2.81. The Labute approximate surface area is 221 Å². The molecule has 0 aliphatic rings. The van der Waals surface area contributed by atoms with E-state index in [1.807, 2.05) is 0 Å². The third-order valence-electron chi connectivity index (χ3n) is 4.65. The summed E-state index contributed by atoms with van der Waals surface area (Å²) in [5.41, 5.74) is 1.15. The van der Waals surface area contributed by atoms with Crippen LogP contribution in [-0.4, -0.2) is 37.0 Å². The van der Waals surface area contributed by atoms with E-state index in [0.717, 1.165) is 6.08 Å². The summed E-state index contributed by atoms with van der Waals surface area (Å²) in [6.07, 6.45) is 5.86. The molecule has 0 atom stereocenters. The lowest BCUT2D eigenvalue weighted by atomic mass is 10.2. The standard InChI is InChI=1S/C29H29NO8/c1-5-25(15-8-20(3)37-28(33)22-9-13-24(14-10-22)30-21(4)31)38-29(34)23-11-16-26(17-12-23)35-18-7-19-36-27(32)6-2/h5-6,8-17H,1-2,7,18-19H2,3-4H3,(H,30,31)/b20-8+,25-15+. The number of ether oxygens (including phenoxy) is 4. The van der Waals surface area contributed by atoms with Crippen molar-refractivity contribution in [2.24, 2.45) is 0 Å². The van der Waals surface area contributed by atoms with Crippen LogP contribution in [-0.2, 0) is 23.8 Å². The van der Waals surface area contributed by atoms with Crippen molar-refractivity contribution in [1.82, 2.24) is 0 Å². The van der Waals surface area contributed by atoms with Gasteiger partial charge in [-0.3, -0.25) is 4.79 Å². The summed E-state index contributed by atoms with van der Waals surface area (Å²) in [5.74, 6) is -0.940.